The van der Waals surface area contributed by atoms with Crippen LogP contribution in [0.1, 0.15) is 5.56 Å². The number of rotatable bonds is 4. The summed E-state index contributed by atoms with van der Waals surface area (Å²) in [7, 11) is 0. The number of carbonyl (C=O) groups is 1. The monoisotopic (exact) mass is 373 g/mol. The summed E-state index contributed by atoms with van der Waals surface area (Å²) in [5, 5.41) is 2.46. The number of ether oxygens (including phenoxy) is 1. The Morgan fingerprint density at radius 1 is 1.05 bits per heavy atom. The Morgan fingerprint density at radius 3 is 2.18 bits per heavy atom. The molecule has 0 aliphatic heterocycles. The van der Waals surface area contributed by atoms with Gasteiger partial charge in [0.25, 0.3) is 5.91 Å². The Bertz CT molecular complexity index is 639. The van der Waals surface area contributed by atoms with Gasteiger partial charge in [0, 0.05) is 10.2 Å². The maximum atomic E-state index is 12.4. The molecule has 0 atom stereocenters. The molecular weight excluding hydrogens is 363 g/mol. The Balaban J connectivity index is 1.88. The van der Waals surface area contributed by atoms with Gasteiger partial charge in [0.2, 0.25) is 0 Å². The predicted octanol–water partition coefficient (Wildman–Crippen LogP) is 4.49. The van der Waals surface area contributed by atoms with E-state index in [0.29, 0.717) is 5.75 Å². The average molecular weight is 374 g/mol. The van der Waals surface area contributed by atoms with Crippen molar-refractivity contribution in [1.29, 1.82) is 0 Å². The summed E-state index contributed by atoms with van der Waals surface area (Å²) < 4.78 is 43.4. The molecule has 2 rings (SSSR count). The molecule has 7 heteroatoms. The van der Waals surface area contributed by atoms with Crippen molar-refractivity contribution >= 4 is 27.5 Å². The van der Waals surface area contributed by atoms with Gasteiger partial charge in [0.05, 0.1) is 5.56 Å². The molecule has 116 valence electrons. The van der Waals surface area contributed by atoms with Crippen molar-refractivity contribution in [2.45, 2.75) is 6.18 Å². The topological polar surface area (TPSA) is 38.3 Å². The first-order valence-corrected chi connectivity index (χ1v) is 6.99. The van der Waals surface area contributed by atoms with E-state index < -0.39 is 17.6 Å². The number of anilines is 1. The fraction of sp³-hybridized carbons (Fsp3) is 0.133. The molecule has 1 N–H and O–H groups in total. The highest BCUT2D eigenvalue weighted by molar-refractivity contribution is 9.10. The molecule has 2 aromatic carbocycles. The summed E-state index contributed by atoms with van der Waals surface area (Å²) in [6, 6.07) is 11.1. The van der Waals surface area contributed by atoms with Crippen molar-refractivity contribution in [3.8, 4) is 5.75 Å². The molecule has 22 heavy (non-hydrogen) atoms. The molecule has 0 aliphatic rings. The van der Waals surface area contributed by atoms with Crippen LogP contribution in [0.5, 0.6) is 5.75 Å². The highest BCUT2D eigenvalue weighted by Gasteiger charge is 2.29. The molecule has 0 saturated carbocycles. The van der Waals surface area contributed by atoms with E-state index in [1.807, 2.05) is 0 Å². The Hall–Kier alpha value is -2.02. The molecule has 0 heterocycles. The Labute approximate surface area is 133 Å². The lowest BCUT2D eigenvalue weighted by Crippen LogP contribution is -2.20. The number of hydrogen-bond donors (Lipinski definition) is 1. The van der Waals surface area contributed by atoms with E-state index in [0.717, 1.165) is 16.6 Å². The average Bonchev–Trinajstić information content (AvgIpc) is 2.46. The van der Waals surface area contributed by atoms with Gasteiger partial charge in [-0.15, -0.1) is 0 Å². The second-order valence-corrected chi connectivity index (χ2v) is 5.28. The predicted molar refractivity (Wildman–Crippen MR) is 79.7 cm³/mol. The third-order valence-electron chi connectivity index (χ3n) is 2.68. The summed E-state index contributed by atoms with van der Waals surface area (Å²) in [5.41, 5.74) is -0.492. The third kappa shape index (κ3) is 4.77. The van der Waals surface area contributed by atoms with E-state index in [1.165, 1.54) is 12.1 Å². The largest absolute Gasteiger partial charge is 0.484 e. The van der Waals surface area contributed by atoms with Gasteiger partial charge in [-0.3, -0.25) is 4.79 Å². The molecule has 3 nitrogen and oxygen atoms in total. The molecular formula is C15H11BrF3NO2. The van der Waals surface area contributed by atoms with Crippen LogP contribution in [0.2, 0.25) is 0 Å². The third-order valence-corrected chi connectivity index (χ3v) is 3.21. The van der Waals surface area contributed by atoms with Crippen LogP contribution in [0.3, 0.4) is 0 Å². The molecule has 0 aliphatic carbocycles. The molecule has 0 spiro atoms. The zero-order valence-corrected chi connectivity index (χ0v) is 12.7. The zero-order valence-electron chi connectivity index (χ0n) is 11.2. The summed E-state index contributed by atoms with van der Waals surface area (Å²) in [6.45, 7) is -0.233. The number of alkyl halides is 3. The van der Waals surface area contributed by atoms with Crippen LogP contribution in [0.25, 0.3) is 0 Å². The molecule has 0 saturated heterocycles. The summed E-state index contributed by atoms with van der Waals surface area (Å²) in [6.07, 6.45) is -4.40. The minimum Gasteiger partial charge on any atom is -0.484 e. The van der Waals surface area contributed by atoms with Gasteiger partial charge in [-0.2, -0.15) is 13.2 Å². The van der Waals surface area contributed by atoms with Gasteiger partial charge in [-0.05, 0) is 48.5 Å². The zero-order chi connectivity index (χ0) is 16.2. The number of nitrogens with one attached hydrogen (secondary N) is 1. The van der Waals surface area contributed by atoms with Crippen LogP contribution in [-0.4, -0.2) is 12.5 Å². The lowest BCUT2D eigenvalue weighted by atomic mass is 10.2. The maximum absolute atomic E-state index is 12.4. The van der Waals surface area contributed by atoms with Crippen LogP contribution in [-0.2, 0) is 11.0 Å². The van der Waals surface area contributed by atoms with E-state index >= 15 is 0 Å². The number of hydrogen-bond acceptors (Lipinski definition) is 2. The normalized spacial score (nSPS) is 11.1. The standard InChI is InChI=1S/C15H11BrF3NO2/c16-11-3-7-13(8-4-11)22-9-14(21)20-12-5-1-10(2-6-12)15(17,18)19/h1-8H,9H2,(H,20,21). The highest BCUT2D eigenvalue weighted by atomic mass is 79.9. The first kappa shape index (κ1) is 16.4. The quantitative estimate of drug-likeness (QED) is 0.857. The lowest BCUT2D eigenvalue weighted by molar-refractivity contribution is -0.137. The van der Waals surface area contributed by atoms with Crippen LogP contribution in [0.15, 0.2) is 53.0 Å². The molecule has 0 aromatic heterocycles. The highest BCUT2D eigenvalue weighted by Crippen LogP contribution is 2.29. The van der Waals surface area contributed by atoms with Crippen molar-refractivity contribution < 1.29 is 22.7 Å². The first-order valence-electron chi connectivity index (χ1n) is 6.20. The number of carbonyl (C=O) groups excluding carboxylic acids is 1. The van der Waals surface area contributed by atoms with Gasteiger partial charge in [-0.1, -0.05) is 15.9 Å². The Kier molecular flexibility index (Phi) is 5.07. The van der Waals surface area contributed by atoms with Crippen molar-refractivity contribution in [2.75, 3.05) is 11.9 Å². The second kappa shape index (κ2) is 6.83. The van der Waals surface area contributed by atoms with Crippen molar-refractivity contribution in [2.24, 2.45) is 0 Å². The molecule has 1 amide bonds. The number of amides is 1. The molecule has 0 bridgehead atoms. The number of benzene rings is 2. The second-order valence-electron chi connectivity index (χ2n) is 4.37. The minimum atomic E-state index is -4.40. The van der Waals surface area contributed by atoms with Gasteiger partial charge in [0.15, 0.2) is 6.61 Å². The maximum Gasteiger partial charge on any atom is 0.416 e. The van der Waals surface area contributed by atoms with Gasteiger partial charge in [0.1, 0.15) is 5.75 Å². The van der Waals surface area contributed by atoms with E-state index in [-0.39, 0.29) is 12.3 Å². The molecule has 0 fully saturated rings. The van der Waals surface area contributed by atoms with E-state index in [1.54, 1.807) is 24.3 Å². The van der Waals surface area contributed by atoms with E-state index in [9.17, 15) is 18.0 Å². The number of halogens is 4. The summed E-state index contributed by atoms with van der Waals surface area (Å²) in [5.74, 6) is 0.0634. The Morgan fingerprint density at radius 2 is 1.64 bits per heavy atom. The SMILES string of the molecule is O=C(COc1ccc(Br)cc1)Nc1ccc(C(F)(F)F)cc1. The molecule has 0 radical (unpaired) electrons. The van der Waals surface area contributed by atoms with Crippen molar-refractivity contribution in [3.63, 3.8) is 0 Å². The van der Waals surface area contributed by atoms with Crippen LogP contribution < -0.4 is 10.1 Å². The molecule has 0 unspecified atom stereocenters. The van der Waals surface area contributed by atoms with Gasteiger partial charge < -0.3 is 10.1 Å². The smallest absolute Gasteiger partial charge is 0.416 e. The van der Waals surface area contributed by atoms with Crippen molar-refractivity contribution in [1.82, 2.24) is 0 Å². The van der Waals surface area contributed by atoms with Crippen LogP contribution >= 0.6 is 15.9 Å². The minimum absolute atomic E-state index is 0.233. The fourth-order valence-electron chi connectivity index (χ4n) is 1.62. The van der Waals surface area contributed by atoms with E-state index in [2.05, 4.69) is 21.2 Å². The summed E-state index contributed by atoms with van der Waals surface area (Å²) >= 11 is 3.27. The fourth-order valence-corrected chi connectivity index (χ4v) is 1.88. The van der Waals surface area contributed by atoms with Crippen LogP contribution in [0.4, 0.5) is 18.9 Å². The summed E-state index contributed by atoms with van der Waals surface area (Å²) in [4.78, 5) is 11.7. The van der Waals surface area contributed by atoms with Crippen molar-refractivity contribution in [3.05, 3.63) is 58.6 Å². The molecule has 2 aromatic rings. The first-order chi connectivity index (χ1) is 10.3. The van der Waals surface area contributed by atoms with Crippen LogP contribution in [0, 0.1) is 0 Å². The van der Waals surface area contributed by atoms with Gasteiger partial charge >= 0.3 is 6.18 Å². The lowest BCUT2D eigenvalue weighted by Gasteiger charge is -2.09. The van der Waals surface area contributed by atoms with Gasteiger partial charge in [-0.25, -0.2) is 0 Å². The van der Waals surface area contributed by atoms with E-state index in [4.69, 9.17) is 4.74 Å².